The molecule has 2 nitrogen and oxygen atoms in total. The van der Waals surface area contributed by atoms with Crippen molar-refractivity contribution in [2.75, 3.05) is 0 Å². The van der Waals surface area contributed by atoms with E-state index in [2.05, 4.69) is 22.4 Å². The summed E-state index contributed by atoms with van der Waals surface area (Å²) < 4.78 is 0. The first-order chi connectivity index (χ1) is 6.45. The average Bonchev–Trinajstić information content (AvgIpc) is 2.69. The lowest BCUT2D eigenvalue weighted by atomic mass is 9.95. The van der Waals surface area contributed by atoms with Crippen LogP contribution in [0.15, 0.2) is 18.3 Å². The van der Waals surface area contributed by atoms with Gasteiger partial charge in [-0.1, -0.05) is 19.3 Å². The highest BCUT2D eigenvalue weighted by Gasteiger charge is 2.11. The molecule has 1 aromatic heterocycles. The number of aromatic nitrogens is 1. The Kier molecular flexibility index (Phi) is 5.05. The number of nitrogens with one attached hydrogen (secondary N) is 2. The third-order valence-electron chi connectivity index (χ3n) is 2.85. The zero-order chi connectivity index (χ0) is 8.93. The highest BCUT2D eigenvalue weighted by atomic mass is 35.5. The van der Waals surface area contributed by atoms with Crippen molar-refractivity contribution in [1.29, 1.82) is 0 Å². The summed E-state index contributed by atoms with van der Waals surface area (Å²) in [5.41, 5.74) is 1.30. The summed E-state index contributed by atoms with van der Waals surface area (Å²) in [7, 11) is 0. The van der Waals surface area contributed by atoms with E-state index in [1.165, 1.54) is 37.8 Å². The number of hydrogen-bond donors (Lipinski definition) is 2. The van der Waals surface area contributed by atoms with Crippen LogP contribution >= 0.6 is 12.4 Å². The van der Waals surface area contributed by atoms with Crippen LogP contribution in [0, 0.1) is 0 Å². The van der Waals surface area contributed by atoms with Crippen LogP contribution < -0.4 is 5.32 Å². The van der Waals surface area contributed by atoms with Gasteiger partial charge in [-0.05, 0) is 25.0 Å². The van der Waals surface area contributed by atoms with Gasteiger partial charge in [-0.3, -0.25) is 0 Å². The number of halogens is 1. The summed E-state index contributed by atoms with van der Waals surface area (Å²) in [5, 5.41) is 3.59. The van der Waals surface area contributed by atoms with E-state index in [0.29, 0.717) is 0 Å². The number of rotatable bonds is 3. The van der Waals surface area contributed by atoms with Crippen molar-refractivity contribution in [3.05, 3.63) is 24.0 Å². The molecule has 0 bridgehead atoms. The topological polar surface area (TPSA) is 27.8 Å². The summed E-state index contributed by atoms with van der Waals surface area (Å²) in [6.45, 7) is 0.998. The van der Waals surface area contributed by atoms with E-state index in [0.717, 1.165) is 12.6 Å². The molecule has 1 aliphatic rings. The molecule has 1 fully saturated rings. The Morgan fingerprint density at radius 1 is 1.29 bits per heavy atom. The summed E-state index contributed by atoms with van der Waals surface area (Å²) in [4.78, 5) is 3.21. The number of H-pyrrole nitrogens is 1. The van der Waals surface area contributed by atoms with Crippen molar-refractivity contribution in [1.82, 2.24) is 10.3 Å². The predicted octanol–water partition coefficient (Wildman–Crippen LogP) is 2.86. The summed E-state index contributed by atoms with van der Waals surface area (Å²) in [6.07, 6.45) is 8.95. The quantitative estimate of drug-likeness (QED) is 0.796. The average molecular weight is 215 g/mol. The minimum atomic E-state index is 0. The van der Waals surface area contributed by atoms with Gasteiger partial charge in [-0.2, -0.15) is 0 Å². The lowest BCUT2D eigenvalue weighted by Gasteiger charge is -2.22. The van der Waals surface area contributed by atoms with Crippen LogP contribution in [-0.2, 0) is 6.54 Å². The van der Waals surface area contributed by atoms with Crippen LogP contribution in [0.2, 0.25) is 0 Å². The molecule has 3 heteroatoms. The molecule has 1 saturated carbocycles. The highest BCUT2D eigenvalue weighted by molar-refractivity contribution is 5.85. The van der Waals surface area contributed by atoms with Crippen molar-refractivity contribution in [3.63, 3.8) is 0 Å². The van der Waals surface area contributed by atoms with Crippen molar-refractivity contribution in [2.45, 2.75) is 44.7 Å². The molecule has 0 saturated heterocycles. The van der Waals surface area contributed by atoms with E-state index in [1.807, 2.05) is 6.20 Å². The molecule has 0 radical (unpaired) electrons. The molecule has 2 rings (SSSR count). The van der Waals surface area contributed by atoms with Crippen molar-refractivity contribution < 1.29 is 0 Å². The third-order valence-corrected chi connectivity index (χ3v) is 2.85. The first-order valence-corrected chi connectivity index (χ1v) is 5.31. The van der Waals surface area contributed by atoms with E-state index in [-0.39, 0.29) is 12.4 Å². The molecule has 14 heavy (non-hydrogen) atoms. The predicted molar refractivity (Wildman–Crippen MR) is 61.8 cm³/mol. The van der Waals surface area contributed by atoms with Crippen LogP contribution in [0.1, 0.15) is 37.8 Å². The first-order valence-electron chi connectivity index (χ1n) is 5.31. The van der Waals surface area contributed by atoms with E-state index in [4.69, 9.17) is 0 Å². The lowest BCUT2D eigenvalue weighted by molar-refractivity contribution is 0.371. The van der Waals surface area contributed by atoms with Crippen LogP contribution in [0.3, 0.4) is 0 Å². The second-order valence-corrected chi connectivity index (χ2v) is 3.91. The van der Waals surface area contributed by atoms with Crippen LogP contribution in [-0.4, -0.2) is 11.0 Å². The minimum absolute atomic E-state index is 0. The second-order valence-electron chi connectivity index (χ2n) is 3.91. The maximum absolute atomic E-state index is 3.59. The lowest BCUT2D eigenvalue weighted by Crippen LogP contribution is -2.30. The molecule has 80 valence electrons. The molecule has 0 aliphatic heterocycles. The van der Waals surface area contributed by atoms with Gasteiger partial charge in [0.25, 0.3) is 0 Å². The summed E-state index contributed by atoms with van der Waals surface area (Å²) in [6, 6.07) is 4.95. The van der Waals surface area contributed by atoms with Crippen LogP contribution in [0.25, 0.3) is 0 Å². The van der Waals surface area contributed by atoms with Gasteiger partial charge in [-0.25, -0.2) is 0 Å². The Hall–Kier alpha value is -0.470. The minimum Gasteiger partial charge on any atom is -0.364 e. The normalized spacial score (nSPS) is 17.7. The van der Waals surface area contributed by atoms with Gasteiger partial charge in [-0.15, -0.1) is 12.4 Å². The molecule has 0 amide bonds. The van der Waals surface area contributed by atoms with Gasteiger partial charge < -0.3 is 10.3 Å². The molecule has 0 unspecified atom stereocenters. The highest BCUT2D eigenvalue weighted by Crippen LogP contribution is 2.17. The Bertz CT molecular complexity index is 227. The molecular formula is C11H19ClN2. The summed E-state index contributed by atoms with van der Waals surface area (Å²) in [5.74, 6) is 0. The fourth-order valence-electron chi connectivity index (χ4n) is 2.04. The Labute approximate surface area is 91.9 Å². The van der Waals surface area contributed by atoms with E-state index in [9.17, 15) is 0 Å². The molecule has 0 spiro atoms. The molecule has 0 aromatic carbocycles. The van der Waals surface area contributed by atoms with Gasteiger partial charge in [0, 0.05) is 24.5 Å². The van der Waals surface area contributed by atoms with Gasteiger partial charge in [0.1, 0.15) is 0 Å². The number of hydrogen-bond acceptors (Lipinski definition) is 1. The molecule has 1 heterocycles. The molecule has 1 aromatic rings. The van der Waals surface area contributed by atoms with Gasteiger partial charge in [0.2, 0.25) is 0 Å². The smallest absolute Gasteiger partial charge is 0.0359 e. The van der Waals surface area contributed by atoms with Gasteiger partial charge in [0.05, 0.1) is 0 Å². The largest absolute Gasteiger partial charge is 0.364 e. The molecule has 1 aliphatic carbocycles. The summed E-state index contributed by atoms with van der Waals surface area (Å²) >= 11 is 0. The van der Waals surface area contributed by atoms with Gasteiger partial charge in [0.15, 0.2) is 0 Å². The maximum atomic E-state index is 3.59. The second kappa shape index (κ2) is 6.10. The standard InChI is InChI=1S/C11H18N2.ClH/c1-2-5-10(6-3-1)13-9-11-7-4-8-12-11;/h4,7-8,10,12-13H,1-3,5-6,9H2;1H. The third kappa shape index (κ3) is 3.35. The molecular weight excluding hydrogens is 196 g/mol. The molecule has 0 atom stereocenters. The SMILES string of the molecule is Cl.c1c[nH]c(CNC2CCCCC2)c1. The Balaban J connectivity index is 0.000000980. The Morgan fingerprint density at radius 2 is 2.07 bits per heavy atom. The van der Waals surface area contributed by atoms with E-state index >= 15 is 0 Å². The zero-order valence-electron chi connectivity index (χ0n) is 8.46. The fourth-order valence-corrected chi connectivity index (χ4v) is 2.04. The maximum Gasteiger partial charge on any atom is 0.0359 e. The van der Waals surface area contributed by atoms with E-state index < -0.39 is 0 Å². The number of aromatic amines is 1. The molecule has 2 N–H and O–H groups in total. The van der Waals surface area contributed by atoms with Gasteiger partial charge >= 0.3 is 0 Å². The van der Waals surface area contributed by atoms with Crippen molar-refractivity contribution in [2.24, 2.45) is 0 Å². The van der Waals surface area contributed by atoms with Crippen molar-refractivity contribution in [3.8, 4) is 0 Å². The first kappa shape index (κ1) is 11.6. The fraction of sp³-hybridized carbons (Fsp3) is 0.636. The van der Waals surface area contributed by atoms with Crippen molar-refractivity contribution >= 4 is 12.4 Å². The van der Waals surface area contributed by atoms with E-state index in [1.54, 1.807) is 0 Å². The monoisotopic (exact) mass is 214 g/mol. The van der Waals surface area contributed by atoms with Crippen LogP contribution in [0.4, 0.5) is 0 Å². The zero-order valence-corrected chi connectivity index (χ0v) is 9.28. The van der Waals surface area contributed by atoms with Crippen LogP contribution in [0.5, 0.6) is 0 Å². The Morgan fingerprint density at radius 3 is 2.71 bits per heavy atom.